The van der Waals surface area contributed by atoms with Gasteiger partial charge in [0.25, 0.3) is 0 Å². The maximum absolute atomic E-state index is 14.3. The fourth-order valence-electron chi connectivity index (χ4n) is 3.61. The molecule has 1 aliphatic heterocycles. The number of anilines is 1. The summed E-state index contributed by atoms with van der Waals surface area (Å²) in [5.41, 5.74) is 6.97. The van der Waals surface area contributed by atoms with E-state index in [0.717, 1.165) is 41.5 Å². The number of benzene rings is 1. The van der Waals surface area contributed by atoms with Crippen LogP contribution in [0.4, 0.5) is 10.2 Å². The molecule has 8 heteroatoms. The number of rotatable bonds is 5. The first-order valence-corrected chi connectivity index (χ1v) is 11.8. The van der Waals surface area contributed by atoms with Crippen molar-refractivity contribution in [2.24, 2.45) is 0 Å². The summed E-state index contributed by atoms with van der Waals surface area (Å²) < 4.78 is 25.6. The molecule has 2 aromatic heterocycles. The molecule has 170 valence electrons. The first kappa shape index (κ1) is 21.8. The number of aliphatic hydroxyl groups is 1. The zero-order chi connectivity index (χ0) is 22.8. The van der Waals surface area contributed by atoms with Crippen LogP contribution in [0.2, 0.25) is 0 Å². The molecular weight excluding hydrogens is 441 g/mol. The van der Waals surface area contributed by atoms with E-state index in [-0.39, 0.29) is 12.4 Å². The molecule has 3 N–H and O–H groups in total. The zero-order valence-corrected chi connectivity index (χ0v) is 18.8. The van der Waals surface area contributed by atoms with Gasteiger partial charge in [-0.1, -0.05) is 11.8 Å². The molecule has 3 heterocycles. The molecule has 2 fully saturated rings. The summed E-state index contributed by atoms with van der Waals surface area (Å²) in [6.45, 7) is 1.52. The number of hydrogen-bond acceptors (Lipinski definition) is 7. The smallest absolute Gasteiger partial charge is 0.166 e. The molecule has 1 saturated carbocycles. The molecule has 0 amide bonds. The molecule has 0 atom stereocenters. The summed E-state index contributed by atoms with van der Waals surface area (Å²) in [6.07, 6.45) is 6.86. The summed E-state index contributed by atoms with van der Waals surface area (Å²) in [4.78, 5) is 9.85. The Balaban J connectivity index is 1.31. The van der Waals surface area contributed by atoms with Crippen LogP contribution in [-0.2, 0) is 11.3 Å². The molecular formula is C25H24FN3O3S. The second-order valence-corrected chi connectivity index (χ2v) is 9.50. The minimum Gasteiger partial charge on any atom is -0.485 e. The highest BCUT2D eigenvalue weighted by atomic mass is 32.1. The second-order valence-electron chi connectivity index (χ2n) is 8.43. The van der Waals surface area contributed by atoms with Crippen LogP contribution in [0.1, 0.15) is 47.7 Å². The van der Waals surface area contributed by atoms with Crippen LogP contribution in [0.3, 0.4) is 0 Å². The summed E-state index contributed by atoms with van der Waals surface area (Å²) >= 11 is 1.64. The van der Waals surface area contributed by atoms with Gasteiger partial charge >= 0.3 is 0 Å². The lowest BCUT2D eigenvalue weighted by Gasteiger charge is -2.19. The molecule has 2 aliphatic rings. The topological polar surface area (TPSA) is 90.5 Å². The molecule has 5 rings (SSSR count). The average molecular weight is 466 g/mol. The first-order chi connectivity index (χ1) is 16.0. The SMILES string of the molecule is Nc1ncc(-c2cnc(C3CCOCC3)s2)cc1OCc1cc(C#CC2(O)CC2)ccc1F. The van der Waals surface area contributed by atoms with Crippen molar-refractivity contribution in [1.82, 2.24) is 9.97 Å². The third kappa shape index (κ3) is 5.17. The van der Waals surface area contributed by atoms with Crippen LogP contribution >= 0.6 is 11.3 Å². The van der Waals surface area contributed by atoms with E-state index in [1.807, 2.05) is 12.3 Å². The Morgan fingerprint density at radius 2 is 2.03 bits per heavy atom. The molecule has 0 unspecified atom stereocenters. The lowest BCUT2D eigenvalue weighted by atomic mass is 10.0. The molecule has 1 aliphatic carbocycles. The van der Waals surface area contributed by atoms with Gasteiger partial charge < -0.3 is 20.3 Å². The predicted molar refractivity (Wildman–Crippen MR) is 124 cm³/mol. The quantitative estimate of drug-likeness (QED) is 0.547. The van der Waals surface area contributed by atoms with Crippen molar-refractivity contribution in [3.8, 4) is 28.0 Å². The normalized spacial score (nSPS) is 17.3. The molecule has 0 spiro atoms. The van der Waals surface area contributed by atoms with E-state index in [4.69, 9.17) is 15.2 Å². The van der Waals surface area contributed by atoms with E-state index in [9.17, 15) is 9.50 Å². The monoisotopic (exact) mass is 465 g/mol. The number of pyridine rings is 1. The maximum Gasteiger partial charge on any atom is 0.166 e. The van der Waals surface area contributed by atoms with Gasteiger partial charge in [0.2, 0.25) is 0 Å². The van der Waals surface area contributed by atoms with Gasteiger partial charge in [-0.25, -0.2) is 14.4 Å². The van der Waals surface area contributed by atoms with E-state index < -0.39 is 11.4 Å². The maximum atomic E-state index is 14.3. The van der Waals surface area contributed by atoms with E-state index in [1.165, 1.54) is 6.07 Å². The second kappa shape index (κ2) is 9.10. The van der Waals surface area contributed by atoms with Crippen molar-refractivity contribution in [3.05, 3.63) is 58.6 Å². The van der Waals surface area contributed by atoms with Crippen molar-refractivity contribution < 1.29 is 19.0 Å². The largest absolute Gasteiger partial charge is 0.485 e. The summed E-state index contributed by atoms with van der Waals surface area (Å²) in [7, 11) is 0. The first-order valence-electron chi connectivity index (χ1n) is 11.0. The van der Waals surface area contributed by atoms with Gasteiger partial charge in [-0.3, -0.25) is 0 Å². The number of nitrogens with zero attached hydrogens (tertiary/aromatic N) is 2. The van der Waals surface area contributed by atoms with E-state index in [1.54, 1.807) is 29.7 Å². The van der Waals surface area contributed by atoms with Crippen molar-refractivity contribution >= 4 is 17.2 Å². The van der Waals surface area contributed by atoms with Crippen molar-refractivity contribution in [2.75, 3.05) is 18.9 Å². The van der Waals surface area contributed by atoms with Gasteiger partial charge in [-0.2, -0.15) is 0 Å². The lowest BCUT2D eigenvalue weighted by molar-refractivity contribution is 0.0853. The van der Waals surface area contributed by atoms with Crippen LogP contribution in [0.5, 0.6) is 5.75 Å². The Hall–Kier alpha value is -2.99. The average Bonchev–Trinajstić information content (AvgIpc) is 3.37. The molecule has 33 heavy (non-hydrogen) atoms. The Kier molecular flexibility index (Phi) is 6.02. The number of ether oxygens (including phenoxy) is 2. The van der Waals surface area contributed by atoms with E-state index >= 15 is 0 Å². The van der Waals surface area contributed by atoms with Crippen LogP contribution in [0.25, 0.3) is 10.4 Å². The summed E-state index contributed by atoms with van der Waals surface area (Å²) in [5, 5.41) is 11.0. The standard InChI is InChI=1S/C25H24FN3O3S/c26-20-2-1-16(3-6-25(30)7-8-25)11-19(20)15-32-21-12-18(13-28-23(21)27)22-14-29-24(33-22)17-4-9-31-10-5-17/h1-2,11-14,17,30H,4-5,7-10,15H2,(H2,27,28). The van der Waals surface area contributed by atoms with Gasteiger partial charge in [-0.15, -0.1) is 11.3 Å². The number of halogens is 1. The third-order valence-electron chi connectivity index (χ3n) is 5.85. The Bertz CT molecular complexity index is 1220. The number of nitrogens with two attached hydrogens (primary N) is 1. The third-order valence-corrected chi connectivity index (χ3v) is 7.06. The highest BCUT2D eigenvalue weighted by molar-refractivity contribution is 7.15. The summed E-state index contributed by atoms with van der Waals surface area (Å²) in [5.74, 6) is 6.40. The molecule has 6 nitrogen and oxygen atoms in total. The van der Waals surface area contributed by atoms with E-state index in [0.29, 0.717) is 35.6 Å². The van der Waals surface area contributed by atoms with Crippen LogP contribution < -0.4 is 10.5 Å². The van der Waals surface area contributed by atoms with Crippen LogP contribution in [-0.4, -0.2) is 33.9 Å². The van der Waals surface area contributed by atoms with Crippen LogP contribution in [0.15, 0.2) is 36.7 Å². The highest BCUT2D eigenvalue weighted by Crippen LogP contribution is 2.36. The number of thiazole rings is 1. The fourth-order valence-corrected chi connectivity index (χ4v) is 4.68. The molecule has 3 aromatic rings. The Labute approximate surface area is 195 Å². The summed E-state index contributed by atoms with van der Waals surface area (Å²) in [6, 6.07) is 6.39. The minimum atomic E-state index is -0.882. The predicted octanol–water partition coefficient (Wildman–Crippen LogP) is 4.28. The van der Waals surface area contributed by atoms with Gasteiger partial charge in [0.1, 0.15) is 18.0 Å². The van der Waals surface area contributed by atoms with Gasteiger partial charge in [0.05, 0.1) is 9.88 Å². The number of hydrogen-bond donors (Lipinski definition) is 2. The van der Waals surface area contributed by atoms with Crippen molar-refractivity contribution in [3.63, 3.8) is 0 Å². The number of nitrogen functional groups attached to an aromatic ring is 1. The Morgan fingerprint density at radius 3 is 2.82 bits per heavy atom. The number of aromatic nitrogens is 2. The fraction of sp³-hybridized carbons (Fsp3) is 0.360. The van der Waals surface area contributed by atoms with Crippen molar-refractivity contribution in [1.29, 1.82) is 0 Å². The van der Waals surface area contributed by atoms with Gasteiger partial charge in [0.15, 0.2) is 11.6 Å². The van der Waals surface area contributed by atoms with Gasteiger partial charge in [-0.05, 0) is 49.9 Å². The van der Waals surface area contributed by atoms with E-state index in [2.05, 4.69) is 21.8 Å². The molecule has 0 radical (unpaired) electrons. The minimum absolute atomic E-state index is 0.0169. The van der Waals surface area contributed by atoms with Crippen LogP contribution in [0, 0.1) is 17.7 Å². The van der Waals surface area contributed by atoms with Gasteiger partial charge in [0, 0.05) is 48.2 Å². The Morgan fingerprint density at radius 1 is 1.21 bits per heavy atom. The lowest BCUT2D eigenvalue weighted by Crippen LogP contribution is -2.13. The zero-order valence-electron chi connectivity index (χ0n) is 18.0. The highest BCUT2D eigenvalue weighted by Gasteiger charge is 2.38. The molecule has 1 saturated heterocycles. The molecule has 0 bridgehead atoms. The molecule has 1 aromatic carbocycles. The van der Waals surface area contributed by atoms with Crippen molar-refractivity contribution in [2.45, 2.75) is 43.8 Å².